The van der Waals surface area contributed by atoms with Gasteiger partial charge in [-0.1, -0.05) is 0 Å². The third-order valence-electron chi connectivity index (χ3n) is 2.95. The van der Waals surface area contributed by atoms with Gasteiger partial charge in [-0.05, 0) is 19.8 Å². The van der Waals surface area contributed by atoms with E-state index in [9.17, 15) is 14.4 Å². The van der Waals surface area contributed by atoms with Gasteiger partial charge in [-0.2, -0.15) is 0 Å². The maximum absolute atomic E-state index is 11.7. The normalized spacial score (nSPS) is 16.7. The lowest BCUT2D eigenvalue weighted by Crippen LogP contribution is -2.46. The Labute approximate surface area is 102 Å². The minimum absolute atomic E-state index is 0.0219. The third kappa shape index (κ3) is 4.97. The van der Waals surface area contributed by atoms with E-state index in [1.165, 1.54) is 13.8 Å². The monoisotopic (exact) mass is 240 g/mol. The number of carbonyl (C=O) groups is 3. The van der Waals surface area contributed by atoms with Gasteiger partial charge in [0.05, 0.1) is 0 Å². The van der Waals surface area contributed by atoms with E-state index in [0.29, 0.717) is 25.9 Å². The summed E-state index contributed by atoms with van der Waals surface area (Å²) in [7, 11) is 0. The minimum atomic E-state index is -0.0219. The molecule has 0 aromatic carbocycles. The summed E-state index contributed by atoms with van der Waals surface area (Å²) in [6, 6.07) is 0.185. The Kier molecular flexibility index (Phi) is 5.12. The molecule has 1 aliphatic heterocycles. The number of amides is 2. The molecule has 1 heterocycles. The second kappa shape index (κ2) is 6.37. The first-order valence-corrected chi connectivity index (χ1v) is 6.03. The van der Waals surface area contributed by atoms with Crippen molar-refractivity contribution in [3.63, 3.8) is 0 Å². The molecule has 96 valence electrons. The number of hydrogen-bond donors (Lipinski definition) is 1. The summed E-state index contributed by atoms with van der Waals surface area (Å²) in [5.41, 5.74) is 0. The first-order valence-electron chi connectivity index (χ1n) is 6.03. The summed E-state index contributed by atoms with van der Waals surface area (Å²) in [6.07, 6.45) is 2.22. The number of piperidine rings is 1. The number of carbonyl (C=O) groups excluding carboxylic acids is 3. The van der Waals surface area contributed by atoms with Crippen molar-refractivity contribution >= 4 is 17.6 Å². The Hall–Kier alpha value is -1.39. The number of rotatable bonds is 4. The molecule has 1 aliphatic rings. The number of Topliss-reactive ketones (excluding diaryl/α,β-unsaturated/α-hetero) is 1. The van der Waals surface area contributed by atoms with Crippen molar-refractivity contribution in [1.29, 1.82) is 0 Å². The predicted molar refractivity (Wildman–Crippen MR) is 63.3 cm³/mol. The van der Waals surface area contributed by atoms with Crippen LogP contribution in [0.5, 0.6) is 0 Å². The van der Waals surface area contributed by atoms with Crippen LogP contribution in [0.25, 0.3) is 0 Å². The maximum atomic E-state index is 11.7. The molecule has 0 spiro atoms. The minimum Gasteiger partial charge on any atom is -0.353 e. The summed E-state index contributed by atoms with van der Waals surface area (Å²) in [5.74, 6) is 0.0688. The molecule has 0 bridgehead atoms. The average molecular weight is 240 g/mol. The highest BCUT2D eigenvalue weighted by molar-refractivity contribution is 5.83. The summed E-state index contributed by atoms with van der Waals surface area (Å²) in [6.45, 7) is 4.34. The van der Waals surface area contributed by atoms with Gasteiger partial charge in [0.15, 0.2) is 0 Å². The lowest BCUT2D eigenvalue weighted by Gasteiger charge is -2.32. The molecule has 0 saturated carbocycles. The molecule has 5 heteroatoms. The van der Waals surface area contributed by atoms with Gasteiger partial charge in [0.2, 0.25) is 11.8 Å². The van der Waals surface area contributed by atoms with E-state index >= 15 is 0 Å². The Balaban J connectivity index is 2.28. The van der Waals surface area contributed by atoms with Crippen LogP contribution in [0.1, 0.15) is 39.5 Å². The molecule has 1 saturated heterocycles. The van der Waals surface area contributed by atoms with Gasteiger partial charge < -0.3 is 15.0 Å². The van der Waals surface area contributed by atoms with Crippen LogP contribution in [-0.4, -0.2) is 41.6 Å². The number of nitrogens with one attached hydrogen (secondary N) is 1. The first kappa shape index (κ1) is 13.7. The number of likely N-dealkylation sites (tertiary alicyclic amines) is 1. The topological polar surface area (TPSA) is 66.5 Å². The summed E-state index contributed by atoms with van der Waals surface area (Å²) < 4.78 is 0. The quantitative estimate of drug-likeness (QED) is 0.777. The standard InChI is InChI=1S/C12H20N2O3/c1-9(15)3-4-12(17)14-7-5-11(6-8-14)13-10(2)16/h11H,3-8H2,1-2H3,(H,13,16). The van der Waals surface area contributed by atoms with Crippen LogP contribution in [0.2, 0.25) is 0 Å². The Bertz CT molecular complexity index is 307. The van der Waals surface area contributed by atoms with Crippen LogP contribution in [-0.2, 0) is 14.4 Å². The van der Waals surface area contributed by atoms with Crippen LogP contribution in [0, 0.1) is 0 Å². The van der Waals surface area contributed by atoms with Crippen molar-refractivity contribution in [2.45, 2.75) is 45.6 Å². The zero-order valence-electron chi connectivity index (χ0n) is 10.5. The molecule has 17 heavy (non-hydrogen) atoms. The second-order valence-electron chi connectivity index (χ2n) is 4.56. The molecule has 0 aromatic rings. The summed E-state index contributed by atoms with van der Waals surface area (Å²) in [5, 5.41) is 2.86. The van der Waals surface area contributed by atoms with E-state index in [4.69, 9.17) is 0 Å². The van der Waals surface area contributed by atoms with Gasteiger partial charge in [0, 0.05) is 38.9 Å². The van der Waals surface area contributed by atoms with Crippen molar-refractivity contribution in [3.05, 3.63) is 0 Å². The Morgan fingerprint density at radius 2 is 1.71 bits per heavy atom. The largest absolute Gasteiger partial charge is 0.353 e. The van der Waals surface area contributed by atoms with Crippen molar-refractivity contribution in [2.75, 3.05) is 13.1 Å². The molecule has 0 radical (unpaired) electrons. The molecule has 0 atom stereocenters. The van der Waals surface area contributed by atoms with Gasteiger partial charge in [0.1, 0.15) is 5.78 Å². The van der Waals surface area contributed by atoms with E-state index in [1.807, 2.05) is 0 Å². The van der Waals surface area contributed by atoms with Crippen molar-refractivity contribution in [2.24, 2.45) is 0 Å². The van der Waals surface area contributed by atoms with Crippen LogP contribution in [0.15, 0.2) is 0 Å². The van der Waals surface area contributed by atoms with E-state index in [2.05, 4.69) is 5.32 Å². The van der Waals surface area contributed by atoms with E-state index in [0.717, 1.165) is 12.8 Å². The molecule has 1 rings (SSSR count). The van der Waals surface area contributed by atoms with Gasteiger partial charge in [-0.3, -0.25) is 9.59 Å². The molecule has 0 aliphatic carbocycles. The van der Waals surface area contributed by atoms with E-state index < -0.39 is 0 Å². The van der Waals surface area contributed by atoms with Crippen LogP contribution in [0.3, 0.4) is 0 Å². The zero-order chi connectivity index (χ0) is 12.8. The summed E-state index contributed by atoms with van der Waals surface area (Å²) in [4.78, 5) is 35.2. The third-order valence-corrected chi connectivity index (χ3v) is 2.95. The SMILES string of the molecule is CC(=O)CCC(=O)N1CCC(NC(C)=O)CC1. The fourth-order valence-electron chi connectivity index (χ4n) is 2.00. The molecule has 1 N–H and O–H groups in total. The fraction of sp³-hybridized carbons (Fsp3) is 0.750. The molecule has 2 amide bonds. The van der Waals surface area contributed by atoms with Gasteiger partial charge in [-0.15, -0.1) is 0 Å². The second-order valence-corrected chi connectivity index (χ2v) is 4.56. The van der Waals surface area contributed by atoms with Crippen LogP contribution in [0.4, 0.5) is 0 Å². The molecular weight excluding hydrogens is 220 g/mol. The lowest BCUT2D eigenvalue weighted by atomic mass is 10.0. The summed E-state index contributed by atoms with van der Waals surface area (Å²) >= 11 is 0. The first-order chi connectivity index (χ1) is 7.99. The smallest absolute Gasteiger partial charge is 0.223 e. The Morgan fingerprint density at radius 3 is 2.18 bits per heavy atom. The van der Waals surface area contributed by atoms with Gasteiger partial charge in [-0.25, -0.2) is 0 Å². The average Bonchev–Trinajstić information content (AvgIpc) is 2.26. The molecule has 5 nitrogen and oxygen atoms in total. The highest BCUT2D eigenvalue weighted by Gasteiger charge is 2.22. The zero-order valence-corrected chi connectivity index (χ0v) is 10.5. The van der Waals surface area contributed by atoms with Crippen molar-refractivity contribution in [3.8, 4) is 0 Å². The molecule has 1 fully saturated rings. The lowest BCUT2D eigenvalue weighted by molar-refractivity contribution is -0.134. The number of hydrogen-bond acceptors (Lipinski definition) is 3. The highest BCUT2D eigenvalue weighted by Crippen LogP contribution is 2.12. The number of nitrogens with zero attached hydrogens (tertiary/aromatic N) is 1. The van der Waals surface area contributed by atoms with Crippen molar-refractivity contribution in [1.82, 2.24) is 10.2 Å². The van der Waals surface area contributed by atoms with E-state index in [-0.39, 0.29) is 23.6 Å². The highest BCUT2D eigenvalue weighted by atomic mass is 16.2. The Morgan fingerprint density at radius 1 is 1.12 bits per heavy atom. The van der Waals surface area contributed by atoms with Crippen LogP contribution < -0.4 is 5.32 Å². The van der Waals surface area contributed by atoms with Gasteiger partial charge >= 0.3 is 0 Å². The van der Waals surface area contributed by atoms with Crippen molar-refractivity contribution < 1.29 is 14.4 Å². The molecule has 0 unspecified atom stereocenters. The molecule has 0 aromatic heterocycles. The maximum Gasteiger partial charge on any atom is 0.223 e. The van der Waals surface area contributed by atoms with E-state index in [1.54, 1.807) is 4.90 Å². The number of ketones is 1. The van der Waals surface area contributed by atoms with Crippen LogP contribution >= 0.6 is 0 Å². The van der Waals surface area contributed by atoms with Gasteiger partial charge in [0.25, 0.3) is 0 Å². The molecular formula is C12H20N2O3. The predicted octanol–water partition coefficient (Wildman–Crippen LogP) is 0.483. The fourth-order valence-corrected chi connectivity index (χ4v) is 2.00.